The van der Waals surface area contributed by atoms with E-state index in [4.69, 9.17) is 14.5 Å². The van der Waals surface area contributed by atoms with E-state index in [2.05, 4.69) is 39.6 Å². The van der Waals surface area contributed by atoms with Gasteiger partial charge in [-0.2, -0.15) is 0 Å². The number of nitrogens with zero attached hydrogens (tertiary/aromatic N) is 5. The second-order valence-corrected chi connectivity index (χ2v) is 7.63. The maximum atomic E-state index is 5.48. The minimum absolute atomic E-state index is 0. The summed E-state index contributed by atoms with van der Waals surface area (Å²) in [6.45, 7) is 15.6. The molecule has 1 aromatic heterocycles. The number of rotatable bonds is 10. The molecule has 2 heterocycles. The van der Waals surface area contributed by atoms with E-state index < -0.39 is 0 Å². The van der Waals surface area contributed by atoms with Gasteiger partial charge in [-0.15, -0.1) is 34.2 Å². The first-order valence-electron chi connectivity index (χ1n) is 10.2. The summed E-state index contributed by atoms with van der Waals surface area (Å²) in [5.41, 5.74) is 0.0128. The second-order valence-electron chi connectivity index (χ2n) is 7.63. The van der Waals surface area contributed by atoms with Crippen molar-refractivity contribution in [3.05, 3.63) is 11.6 Å². The van der Waals surface area contributed by atoms with Crippen molar-refractivity contribution in [2.24, 2.45) is 12.0 Å². The Kier molecular flexibility index (Phi) is 12.0. The summed E-state index contributed by atoms with van der Waals surface area (Å²) in [6, 6.07) is 0. The van der Waals surface area contributed by atoms with E-state index in [0.29, 0.717) is 6.54 Å². The normalized spacial score (nSPS) is 15.8. The molecule has 0 amide bonds. The highest BCUT2D eigenvalue weighted by atomic mass is 127. The molecular weight excluding hydrogens is 485 g/mol. The first-order valence-corrected chi connectivity index (χ1v) is 10.2. The molecule has 1 saturated heterocycles. The monoisotopic (exact) mass is 523 g/mol. The van der Waals surface area contributed by atoms with Crippen molar-refractivity contribution < 1.29 is 9.47 Å². The van der Waals surface area contributed by atoms with Gasteiger partial charge in [0.2, 0.25) is 0 Å². The minimum atomic E-state index is 0. The molecule has 29 heavy (non-hydrogen) atoms. The van der Waals surface area contributed by atoms with Gasteiger partial charge in [0.25, 0.3) is 0 Å². The number of hydrogen-bond acceptors (Lipinski definition) is 6. The van der Waals surface area contributed by atoms with Gasteiger partial charge in [0.05, 0.1) is 13.2 Å². The topological polar surface area (TPSA) is 88.8 Å². The maximum Gasteiger partial charge on any atom is 0.191 e. The fourth-order valence-corrected chi connectivity index (χ4v) is 3.02. The van der Waals surface area contributed by atoms with Crippen molar-refractivity contribution in [1.29, 1.82) is 0 Å². The molecule has 0 radical (unpaired) electrons. The Morgan fingerprint density at radius 1 is 1.24 bits per heavy atom. The van der Waals surface area contributed by atoms with Crippen LogP contribution in [-0.4, -0.2) is 83.8 Å². The lowest BCUT2D eigenvalue weighted by atomic mass is 10.0. The highest BCUT2D eigenvalue weighted by Crippen LogP contribution is 2.15. The van der Waals surface area contributed by atoms with Gasteiger partial charge in [-0.1, -0.05) is 0 Å². The van der Waals surface area contributed by atoms with Crippen molar-refractivity contribution >= 4 is 29.9 Å². The maximum absolute atomic E-state index is 5.48. The first-order chi connectivity index (χ1) is 13.4. The Hall–Kier alpha value is -0.980. The van der Waals surface area contributed by atoms with Crippen molar-refractivity contribution in [1.82, 2.24) is 30.3 Å². The highest BCUT2D eigenvalue weighted by molar-refractivity contribution is 14.0. The van der Waals surface area contributed by atoms with Gasteiger partial charge in [-0.25, -0.2) is 4.99 Å². The van der Waals surface area contributed by atoms with Gasteiger partial charge in [0, 0.05) is 52.0 Å². The van der Waals surface area contributed by atoms with E-state index in [0.717, 1.165) is 76.6 Å². The third kappa shape index (κ3) is 8.73. The predicted molar refractivity (Wildman–Crippen MR) is 126 cm³/mol. The van der Waals surface area contributed by atoms with Gasteiger partial charge in [0.15, 0.2) is 11.8 Å². The molecule has 10 heteroatoms. The smallest absolute Gasteiger partial charge is 0.191 e. The molecule has 0 aliphatic carbocycles. The summed E-state index contributed by atoms with van der Waals surface area (Å²) in [6.07, 6.45) is 0.935. The Morgan fingerprint density at radius 2 is 1.97 bits per heavy atom. The number of ether oxygens (including phenoxy) is 2. The molecular formula is C19H38IN7O2. The van der Waals surface area contributed by atoms with Crippen LogP contribution in [0.25, 0.3) is 0 Å². The van der Waals surface area contributed by atoms with Crippen LogP contribution in [0, 0.1) is 6.92 Å². The van der Waals surface area contributed by atoms with E-state index in [-0.39, 0.29) is 29.5 Å². The summed E-state index contributed by atoms with van der Waals surface area (Å²) in [5.74, 6) is 2.52. The SMILES string of the molecule is CCOCCCNC(=NCc1nnc(C)n1C)NCC(C)(C)N1CCOCC1.I. The standard InChI is InChI=1S/C19H37N7O2.HI/c1-6-27-11-7-8-20-18(21-14-17-24-23-16(2)25(17)5)22-15-19(3,4)26-9-12-28-13-10-26;/h6-15H2,1-5H3,(H2,20,21,22);1H. The number of guanidine groups is 1. The average molecular weight is 523 g/mol. The molecule has 9 nitrogen and oxygen atoms in total. The molecule has 0 saturated carbocycles. The Labute approximate surface area is 192 Å². The summed E-state index contributed by atoms with van der Waals surface area (Å²) in [4.78, 5) is 7.18. The highest BCUT2D eigenvalue weighted by Gasteiger charge is 2.28. The summed E-state index contributed by atoms with van der Waals surface area (Å²) < 4.78 is 12.9. The largest absolute Gasteiger partial charge is 0.382 e. The van der Waals surface area contributed by atoms with Gasteiger partial charge in [-0.3, -0.25) is 4.90 Å². The van der Waals surface area contributed by atoms with Crippen LogP contribution in [0.15, 0.2) is 4.99 Å². The number of halogens is 1. The fourth-order valence-electron chi connectivity index (χ4n) is 3.02. The molecule has 1 fully saturated rings. The molecule has 2 rings (SSSR count). The van der Waals surface area contributed by atoms with E-state index in [1.807, 2.05) is 25.5 Å². The van der Waals surface area contributed by atoms with Crippen LogP contribution in [0.1, 0.15) is 38.8 Å². The molecule has 1 aliphatic rings. The number of hydrogen-bond donors (Lipinski definition) is 2. The van der Waals surface area contributed by atoms with Crippen LogP contribution in [0.5, 0.6) is 0 Å². The molecule has 0 atom stereocenters. The molecule has 0 unspecified atom stereocenters. The molecule has 2 N–H and O–H groups in total. The molecule has 0 bridgehead atoms. The summed E-state index contributed by atoms with van der Waals surface area (Å²) in [5, 5.41) is 15.2. The van der Waals surface area contributed by atoms with E-state index in [9.17, 15) is 0 Å². The average Bonchev–Trinajstić information content (AvgIpc) is 3.02. The zero-order valence-electron chi connectivity index (χ0n) is 18.5. The zero-order chi connectivity index (χ0) is 20.4. The summed E-state index contributed by atoms with van der Waals surface area (Å²) in [7, 11) is 1.96. The molecule has 0 spiro atoms. The molecule has 0 aromatic carbocycles. The number of aryl methyl sites for hydroxylation is 1. The van der Waals surface area contributed by atoms with Gasteiger partial charge in [-0.05, 0) is 34.1 Å². The molecule has 1 aromatic rings. The zero-order valence-corrected chi connectivity index (χ0v) is 20.9. The lowest BCUT2D eigenvalue weighted by Crippen LogP contribution is -2.56. The predicted octanol–water partition coefficient (Wildman–Crippen LogP) is 1.31. The Bertz CT molecular complexity index is 616. The minimum Gasteiger partial charge on any atom is -0.382 e. The Morgan fingerprint density at radius 3 is 2.59 bits per heavy atom. The van der Waals surface area contributed by atoms with Crippen LogP contribution < -0.4 is 10.6 Å². The van der Waals surface area contributed by atoms with Crippen molar-refractivity contribution in [3.63, 3.8) is 0 Å². The van der Waals surface area contributed by atoms with Crippen LogP contribution in [0.2, 0.25) is 0 Å². The van der Waals surface area contributed by atoms with E-state index >= 15 is 0 Å². The van der Waals surface area contributed by atoms with Gasteiger partial charge >= 0.3 is 0 Å². The molecule has 168 valence electrons. The number of aliphatic imine (C=N–C) groups is 1. The van der Waals surface area contributed by atoms with Crippen LogP contribution >= 0.6 is 24.0 Å². The fraction of sp³-hybridized carbons (Fsp3) is 0.842. The van der Waals surface area contributed by atoms with Gasteiger partial charge in [0.1, 0.15) is 12.4 Å². The number of morpholine rings is 1. The van der Waals surface area contributed by atoms with E-state index in [1.165, 1.54) is 0 Å². The second kappa shape index (κ2) is 13.3. The third-order valence-electron chi connectivity index (χ3n) is 5.08. The van der Waals surface area contributed by atoms with Crippen LogP contribution in [0.3, 0.4) is 0 Å². The van der Waals surface area contributed by atoms with Crippen LogP contribution in [0.4, 0.5) is 0 Å². The quantitative estimate of drug-likeness (QED) is 0.207. The molecule has 1 aliphatic heterocycles. The lowest BCUT2D eigenvalue weighted by molar-refractivity contribution is -0.00834. The summed E-state index contributed by atoms with van der Waals surface area (Å²) >= 11 is 0. The van der Waals surface area contributed by atoms with Crippen LogP contribution in [-0.2, 0) is 23.1 Å². The third-order valence-corrected chi connectivity index (χ3v) is 5.08. The first kappa shape index (κ1) is 26.1. The van der Waals surface area contributed by atoms with E-state index in [1.54, 1.807) is 0 Å². The van der Waals surface area contributed by atoms with Gasteiger partial charge < -0.3 is 24.7 Å². The van der Waals surface area contributed by atoms with Crippen molar-refractivity contribution in [3.8, 4) is 0 Å². The number of nitrogens with one attached hydrogen (secondary N) is 2. The Balaban J connectivity index is 0.00000420. The number of aromatic nitrogens is 3. The lowest BCUT2D eigenvalue weighted by Gasteiger charge is -2.41. The van der Waals surface area contributed by atoms with Crippen molar-refractivity contribution in [2.45, 2.75) is 46.2 Å². The van der Waals surface area contributed by atoms with Crippen molar-refractivity contribution in [2.75, 3.05) is 52.6 Å².